The van der Waals surface area contributed by atoms with Crippen molar-refractivity contribution in [2.75, 3.05) is 11.5 Å². The van der Waals surface area contributed by atoms with E-state index in [0.29, 0.717) is 23.8 Å². The minimum absolute atomic E-state index is 0.0462. The molecule has 2 amide bonds. The van der Waals surface area contributed by atoms with Crippen LogP contribution in [0.2, 0.25) is 0 Å². The first-order valence-corrected chi connectivity index (χ1v) is 8.87. The summed E-state index contributed by atoms with van der Waals surface area (Å²) < 4.78 is 5.47. The molecular weight excluding hydrogens is 328 g/mol. The molecule has 26 heavy (non-hydrogen) atoms. The number of amides is 2. The van der Waals surface area contributed by atoms with Gasteiger partial charge in [-0.1, -0.05) is 38.1 Å². The van der Waals surface area contributed by atoms with E-state index in [2.05, 4.69) is 19.2 Å². The van der Waals surface area contributed by atoms with Crippen LogP contribution in [0.3, 0.4) is 0 Å². The van der Waals surface area contributed by atoms with Crippen LogP contribution in [0.4, 0.5) is 5.69 Å². The Kier molecular flexibility index (Phi) is 5.26. The summed E-state index contributed by atoms with van der Waals surface area (Å²) in [5, 5.41) is 3.00. The molecule has 1 atom stereocenters. The van der Waals surface area contributed by atoms with E-state index >= 15 is 0 Å². The number of para-hydroxylation sites is 2. The summed E-state index contributed by atoms with van der Waals surface area (Å²) in [5.41, 5.74) is 2.36. The largest absolute Gasteiger partial charge is 0.482 e. The third-order valence-electron chi connectivity index (χ3n) is 4.72. The van der Waals surface area contributed by atoms with E-state index in [0.717, 1.165) is 11.3 Å². The number of carbonyl (C=O) groups is 2. The van der Waals surface area contributed by atoms with Crippen LogP contribution in [-0.4, -0.2) is 24.5 Å². The minimum atomic E-state index is -0.0782. The first-order chi connectivity index (χ1) is 12.5. The Morgan fingerprint density at radius 3 is 2.50 bits per heavy atom. The number of anilines is 1. The molecule has 0 fully saturated rings. The van der Waals surface area contributed by atoms with Crippen LogP contribution in [0.15, 0.2) is 48.5 Å². The molecule has 1 unspecified atom stereocenters. The van der Waals surface area contributed by atoms with Crippen molar-refractivity contribution in [3.63, 3.8) is 0 Å². The Labute approximate surface area is 154 Å². The molecule has 5 nitrogen and oxygen atoms in total. The molecule has 2 aromatic rings. The maximum absolute atomic E-state index is 12.3. The average molecular weight is 352 g/mol. The molecule has 2 aromatic carbocycles. The minimum Gasteiger partial charge on any atom is -0.482 e. The van der Waals surface area contributed by atoms with E-state index in [1.807, 2.05) is 43.3 Å². The zero-order valence-electron chi connectivity index (χ0n) is 15.4. The van der Waals surface area contributed by atoms with Gasteiger partial charge in [0.25, 0.3) is 11.8 Å². The van der Waals surface area contributed by atoms with Crippen molar-refractivity contribution in [1.29, 1.82) is 0 Å². The second-order valence-corrected chi connectivity index (χ2v) is 6.94. The van der Waals surface area contributed by atoms with Crippen LogP contribution < -0.4 is 15.0 Å². The number of rotatable bonds is 5. The standard InChI is InChI=1S/C21H24N2O3/c1-14(2)15(3)22-21(25)17-10-8-16(9-11-17)12-23-18-6-4-5-7-19(18)26-13-20(23)24/h4-11,14-15H,12-13H2,1-3H3,(H,22,25). The third-order valence-corrected chi connectivity index (χ3v) is 4.72. The molecule has 3 rings (SSSR count). The number of nitrogens with zero attached hydrogens (tertiary/aromatic N) is 1. The zero-order valence-corrected chi connectivity index (χ0v) is 15.4. The Morgan fingerprint density at radius 1 is 1.12 bits per heavy atom. The number of benzene rings is 2. The second-order valence-electron chi connectivity index (χ2n) is 6.94. The van der Waals surface area contributed by atoms with Gasteiger partial charge in [0, 0.05) is 11.6 Å². The maximum Gasteiger partial charge on any atom is 0.265 e. The number of hydrogen-bond donors (Lipinski definition) is 1. The summed E-state index contributed by atoms with van der Waals surface area (Å²) in [6, 6.07) is 15.0. The van der Waals surface area contributed by atoms with Gasteiger partial charge in [0.1, 0.15) is 5.75 Å². The van der Waals surface area contributed by atoms with E-state index in [-0.39, 0.29) is 24.5 Å². The van der Waals surface area contributed by atoms with Gasteiger partial charge in [-0.2, -0.15) is 0 Å². The first kappa shape index (κ1) is 18.0. The van der Waals surface area contributed by atoms with Crippen molar-refractivity contribution in [2.45, 2.75) is 33.4 Å². The van der Waals surface area contributed by atoms with Crippen LogP contribution in [-0.2, 0) is 11.3 Å². The van der Waals surface area contributed by atoms with Crippen LogP contribution in [0, 0.1) is 5.92 Å². The molecule has 0 saturated carbocycles. The predicted molar refractivity (Wildman–Crippen MR) is 101 cm³/mol. The van der Waals surface area contributed by atoms with Gasteiger partial charge in [-0.15, -0.1) is 0 Å². The Morgan fingerprint density at radius 2 is 1.81 bits per heavy atom. The lowest BCUT2D eigenvalue weighted by Crippen LogP contribution is -2.38. The number of nitrogens with one attached hydrogen (secondary N) is 1. The monoisotopic (exact) mass is 352 g/mol. The van der Waals surface area contributed by atoms with Crippen molar-refractivity contribution in [1.82, 2.24) is 5.32 Å². The van der Waals surface area contributed by atoms with Crippen LogP contribution in [0.5, 0.6) is 5.75 Å². The summed E-state index contributed by atoms with van der Waals surface area (Å²) in [7, 11) is 0. The van der Waals surface area contributed by atoms with E-state index in [1.165, 1.54) is 0 Å². The molecule has 1 aliphatic heterocycles. The number of hydrogen-bond acceptors (Lipinski definition) is 3. The lowest BCUT2D eigenvalue weighted by Gasteiger charge is -2.29. The van der Waals surface area contributed by atoms with Crippen LogP contribution in [0.25, 0.3) is 0 Å². The maximum atomic E-state index is 12.3. The van der Waals surface area contributed by atoms with Gasteiger partial charge < -0.3 is 15.0 Å². The van der Waals surface area contributed by atoms with Crippen molar-refractivity contribution in [3.8, 4) is 5.75 Å². The average Bonchev–Trinajstić information content (AvgIpc) is 2.64. The Hall–Kier alpha value is -2.82. The second kappa shape index (κ2) is 7.60. The quantitative estimate of drug-likeness (QED) is 0.897. The highest BCUT2D eigenvalue weighted by Crippen LogP contribution is 2.32. The fraction of sp³-hybridized carbons (Fsp3) is 0.333. The Balaban J connectivity index is 1.72. The van der Waals surface area contributed by atoms with Gasteiger partial charge >= 0.3 is 0 Å². The Bertz CT molecular complexity index is 799. The molecule has 136 valence electrons. The number of ether oxygens (including phenoxy) is 1. The van der Waals surface area contributed by atoms with Crippen LogP contribution >= 0.6 is 0 Å². The van der Waals surface area contributed by atoms with Crippen LogP contribution in [0.1, 0.15) is 36.7 Å². The predicted octanol–water partition coefficient (Wildman–Crippen LogP) is 3.39. The van der Waals surface area contributed by atoms with Crippen molar-refractivity contribution in [2.24, 2.45) is 5.92 Å². The normalized spacial score (nSPS) is 14.6. The highest BCUT2D eigenvalue weighted by molar-refractivity contribution is 5.98. The van der Waals surface area contributed by atoms with Gasteiger partial charge in [0.05, 0.1) is 12.2 Å². The lowest BCUT2D eigenvalue weighted by atomic mass is 10.1. The van der Waals surface area contributed by atoms with Crippen molar-refractivity contribution >= 4 is 17.5 Å². The van der Waals surface area contributed by atoms with Gasteiger partial charge in [-0.05, 0) is 42.7 Å². The molecule has 0 aromatic heterocycles. The van der Waals surface area contributed by atoms with E-state index in [1.54, 1.807) is 17.0 Å². The fourth-order valence-corrected chi connectivity index (χ4v) is 2.73. The molecule has 0 bridgehead atoms. The summed E-state index contributed by atoms with van der Waals surface area (Å²) in [5.74, 6) is 0.943. The van der Waals surface area contributed by atoms with Crippen molar-refractivity contribution in [3.05, 3.63) is 59.7 Å². The fourth-order valence-electron chi connectivity index (χ4n) is 2.73. The highest BCUT2D eigenvalue weighted by Gasteiger charge is 2.25. The summed E-state index contributed by atoms with van der Waals surface area (Å²) in [6.07, 6.45) is 0. The SMILES string of the molecule is CC(C)C(C)NC(=O)c1ccc(CN2C(=O)COc3ccccc32)cc1. The molecular formula is C21H24N2O3. The molecule has 0 spiro atoms. The summed E-state index contributed by atoms with van der Waals surface area (Å²) in [4.78, 5) is 26.3. The summed E-state index contributed by atoms with van der Waals surface area (Å²) >= 11 is 0. The first-order valence-electron chi connectivity index (χ1n) is 8.87. The third kappa shape index (κ3) is 3.87. The number of carbonyl (C=O) groups excluding carboxylic acids is 2. The van der Waals surface area contributed by atoms with Gasteiger partial charge in [-0.25, -0.2) is 0 Å². The molecule has 0 saturated heterocycles. The number of fused-ring (bicyclic) bond motifs is 1. The van der Waals surface area contributed by atoms with Gasteiger partial charge in [0.2, 0.25) is 0 Å². The van der Waals surface area contributed by atoms with E-state index in [4.69, 9.17) is 4.74 Å². The smallest absolute Gasteiger partial charge is 0.265 e. The summed E-state index contributed by atoms with van der Waals surface area (Å²) in [6.45, 7) is 6.64. The van der Waals surface area contributed by atoms with E-state index < -0.39 is 0 Å². The molecule has 0 aliphatic carbocycles. The molecule has 0 radical (unpaired) electrons. The lowest BCUT2D eigenvalue weighted by molar-refractivity contribution is -0.121. The molecule has 1 N–H and O–H groups in total. The zero-order chi connectivity index (χ0) is 18.7. The topological polar surface area (TPSA) is 58.6 Å². The van der Waals surface area contributed by atoms with Gasteiger partial charge in [0.15, 0.2) is 6.61 Å². The highest BCUT2D eigenvalue weighted by atomic mass is 16.5. The molecule has 5 heteroatoms. The van der Waals surface area contributed by atoms with Gasteiger partial charge in [-0.3, -0.25) is 9.59 Å². The molecule has 1 heterocycles. The van der Waals surface area contributed by atoms with Crippen molar-refractivity contribution < 1.29 is 14.3 Å². The van der Waals surface area contributed by atoms with E-state index in [9.17, 15) is 9.59 Å². The molecule has 1 aliphatic rings.